The van der Waals surface area contributed by atoms with Crippen LogP contribution >= 0.6 is 0 Å². The van der Waals surface area contributed by atoms with Gasteiger partial charge in [0.25, 0.3) is 0 Å². The van der Waals surface area contributed by atoms with Gasteiger partial charge < -0.3 is 24.8 Å². The fourth-order valence-corrected chi connectivity index (χ4v) is 5.40. The van der Waals surface area contributed by atoms with Crippen LogP contribution in [0.2, 0.25) is 0 Å². The first-order valence-corrected chi connectivity index (χ1v) is 16.0. The first-order valence-electron chi connectivity index (χ1n) is 16.0. The average molecular weight is 645 g/mol. The van der Waals surface area contributed by atoms with E-state index in [1.165, 1.54) is 4.90 Å². The Morgan fingerprint density at radius 3 is 1.85 bits per heavy atom. The summed E-state index contributed by atoms with van der Waals surface area (Å²) < 4.78 is 10.9. The number of fused-ring (bicyclic) bond motifs is 1. The Bertz CT molecular complexity index is 1800. The maximum atomic E-state index is 13.6. The molecule has 2 unspecified atom stereocenters. The highest BCUT2D eigenvalue weighted by Crippen LogP contribution is 2.29. The molecule has 0 fully saturated rings. The van der Waals surface area contributed by atoms with Crippen LogP contribution in [0.5, 0.6) is 0 Å². The van der Waals surface area contributed by atoms with Crippen molar-refractivity contribution in [1.29, 1.82) is 0 Å². The summed E-state index contributed by atoms with van der Waals surface area (Å²) in [4.78, 5) is 41.0. The molecule has 0 spiro atoms. The van der Waals surface area contributed by atoms with E-state index >= 15 is 0 Å². The second-order valence-electron chi connectivity index (χ2n) is 11.9. The Labute approximate surface area is 280 Å². The molecule has 5 aromatic carbocycles. The summed E-state index contributed by atoms with van der Waals surface area (Å²) >= 11 is 0. The number of esters is 2. The first-order chi connectivity index (χ1) is 23.3. The highest BCUT2D eigenvalue weighted by molar-refractivity contribution is 5.96. The zero-order valence-electron chi connectivity index (χ0n) is 27.1. The predicted octanol–water partition coefficient (Wildman–Crippen LogP) is 6.69. The predicted molar refractivity (Wildman–Crippen MR) is 186 cm³/mol. The molecule has 2 amide bonds. The van der Waals surface area contributed by atoms with Crippen LogP contribution in [-0.4, -0.2) is 52.7 Å². The number of aliphatic hydroxyl groups is 1. The molecule has 0 aliphatic heterocycles. The van der Waals surface area contributed by atoms with E-state index in [4.69, 9.17) is 9.47 Å². The van der Waals surface area contributed by atoms with E-state index in [0.717, 1.165) is 38.6 Å². The van der Waals surface area contributed by atoms with E-state index in [9.17, 15) is 19.5 Å². The lowest BCUT2D eigenvalue weighted by Gasteiger charge is -2.30. The summed E-state index contributed by atoms with van der Waals surface area (Å²) in [7, 11) is 0. The quantitative estimate of drug-likeness (QED) is 0.139. The number of urea groups is 1. The third kappa shape index (κ3) is 9.08. The molecule has 0 heterocycles. The Hall–Kier alpha value is -5.47. The molecule has 8 nitrogen and oxygen atoms in total. The van der Waals surface area contributed by atoms with Gasteiger partial charge in [0.2, 0.25) is 0 Å². The Morgan fingerprint density at radius 1 is 0.667 bits per heavy atom. The lowest BCUT2D eigenvalue weighted by Crippen LogP contribution is -2.53. The standard InChI is InChI=1S/C40H40N2O6/c1-28(2)42(25-37(43)39(45)48-27-31-14-7-4-8-15-31)40(46)41-36(38(44)47-26-30-12-5-3-6-13-30)24-29-20-22-33(23-21-29)35-19-11-17-32-16-9-10-18-34(32)35/h3-23,28,36-37,43H,24-27H2,1-2H3,(H,41,46). The molecule has 2 N–H and O–H groups in total. The van der Waals surface area contributed by atoms with Gasteiger partial charge in [0.1, 0.15) is 19.3 Å². The summed E-state index contributed by atoms with van der Waals surface area (Å²) in [5.74, 6) is -1.45. The third-order valence-corrected chi connectivity index (χ3v) is 8.05. The van der Waals surface area contributed by atoms with Crippen LogP contribution in [0.25, 0.3) is 21.9 Å². The largest absolute Gasteiger partial charge is 0.459 e. The maximum absolute atomic E-state index is 13.6. The van der Waals surface area contributed by atoms with Crippen molar-refractivity contribution in [3.63, 3.8) is 0 Å². The number of rotatable bonds is 13. The van der Waals surface area contributed by atoms with Crippen LogP contribution in [0.1, 0.15) is 30.5 Å². The van der Waals surface area contributed by atoms with Gasteiger partial charge in [-0.15, -0.1) is 0 Å². The van der Waals surface area contributed by atoms with Crippen LogP contribution in [0.15, 0.2) is 127 Å². The maximum Gasteiger partial charge on any atom is 0.337 e. The van der Waals surface area contributed by atoms with Crippen molar-refractivity contribution >= 4 is 28.7 Å². The molecule has 246 valence electrons. The smallest absolute Gasteiger partial charge is 0.337 e. The number of hydrogen-bond donors (Lipinski definition) is 2. The van der Waals surface area contributed by atoms with Crippen LogP contribution < -0.4 is 5.32 Å². The second kappa shape index (κ2) is 16.4. The minimum absolute atomic E-state index is 0.000770. The van der Waals surface area contributed by atoms with Crippen LogP contribution in [0.3, 0.4) is 0 Å². The zero-order valence-corrected chi connectivity index (χ0v) is 27.1. The summed E-state index contributed by atoms with van der Waals surface area (Å²) in [6.07, 6.45) is -1.41. The van der Waals surface area contributed by atoms with Crippen molar-refractivity contribution in [3.8, 4) is 11.1 Å². The minimum Gasteiger partial charge on any atom is -0.459 e. The third-order valence-electron chi connectivity index (χ3n) is 8.05. The Morgan fingerprint density at radius 2 is 1.23 bits per heavy atom. The number of carbonyl (C=O) groups excluding carboxylic acids is 3. The van der Waals surface area contributed by atoms with Gasteiger partial charge in [0, 0.05) is 12.5 Å². The summed E-state index contributed by atoms with van der Waals surface area (Å²) in [6, 6.07) is 38.6. The topological polar surface area (TPSA) is 105 Å². The van der Waals surface area contributed by atoms with Gasteiger partial charge in [0.05, 0.1) is 6.54 Å². The number of nitrogens with one attached hydrogen (secondary N) is 1. The molecular formula is C40H40N2O6. The Kier molecular flexibility index (Phi) is 11.6. The molecular weight excluding hydrogens is 604 g/mol. The van der Waals surface area contributed by atoms with Crippen molar-refractivity contribution in [1.82, 2.24) is 10.2 Å². The fourth-order valence-electron chi connectivity index (χ4n) is 5.40. The van der Waals surface area contributed by atoms with Crippen molar-refractivity contribution in [2.45, 2.75) is 51.7 Å². The molecule has 5 rings (SSSR count). The number of carbonyl (C=O) groups is 3. The lowest BCUT2D eigenvalue weighted by molar-refractivity contribution is -0.155. The molecule has 0 saturated heterocycles. The molecule has 0 aromatic heterocycles. The van der Waals surface area contributed by atoms with Gasteiger partial charge in [0.15, 0.2) is 6.10 Å². The summed E-state index contributed by atoms with van der Waals surface area (Å²) in [5.41, 5.74) is 4.54. The highest BCUT2D eigenvalue weighted by atomic mass is 16.5. The van der Waals surface area contributed by atoms with E-state index < -0.39 is 36.2 Å². The van der Waals surface area contributed by atoms with Crippen molar-refractivity contribution in [2.75, 3.05) is 6.54 Å². The summed E-state index contributed by atoms with van der Waals surface area (Å²) in [5, 5.41) is 15.7. The first kappa shape index (κ1) is 33.9. The summed E-state index contributed by atoms with van der Waals surface area (Å²) in [6.45, 7) is 3.25. The molecule has 0 aliphatic rings. The van der Waals surface area contributed by atoms with E-state index in [-0.39, 0.29) is 26.2 Å². The van der Waals surface area contributed by atoms with E-state index in [1.807, 2.05) is 103 Å². The number of amides is 2. The van der Waals surface area contributed by atoms with Gasteiger partial charge >= 0.3 is 18.0 Å². The number of nitrogens with zero attached hydrogens (tertiary/aromatic N) is 1. The van der Waals surface area contributed by atoms with Gasteiger partial charge in [-0.25, -0.2) is 14.4 Å². The van der Waals surface area contributed by atoms with Crippen molar-refractivity contribution < 1.29 is 29.0 Å². The molecule has 8 heteroatoms. The Balaban J connectivity index is 1.29. The molecule has 5 aromatic rings. The molecule has 0 bridgehead atoms. The zero-order chi connectivity index (χ0) is 33.9. The van der Waals surface area contributed by atoms with Gasteiger partial charge in [-0.2, -0.15) is 0 Å². The van der Waals surface area contributed by atoms with Crippen molar-refractivity contribution in [2.24, 2.45) is 0 Å². The average Bonchev–Trinajstić information content (AvgIpc) is 3.12. The second-order valence-corrected chi connectivity index (χ2v) is 11.9. The number of benzene rings is 5. The van der Waals surface area contributed by atoms with E-state index in [0.29, 0.717) is 0 Å². The van der Waals surface area contributed by atoms with E-state index in [2.05, 4.69) is 29.6 Å². The fraction of sp³-hybridized carbons (Fsp3) is 0.225. The molecule has 48 heavy (non-hydrogen) atoms. The molecule has 0 aliphatic carbocycles. The lowest BCUT2D eigenvalue weighted by atomic mass is 9.96. The normalized spacial score (nSPS) is 12.2. The van der Waals surface area contributed by atoms with Gasteiger partial charge in [-0.05, 0) is 52.4 Å². The van der Waals surface area contributed by atoms with Gasteiger partial charge in [-0.1, -0.05) is 127 Å². The van der Waals surface area contributed by atoms with Crippen molar-refractivity contribution in [3.05, 3.63) is 144 Å². The van der Waals surface area contributed by atoms with Crippen LogP contribution in [-0.2, 0) is 38.7 Å². The van der Waals surface area contributed by atoms with Crippen LogP contribution in [0.4, 0.5) is 4.79 Å². The number of hydrogen-bond acceptors (Lipinski definition) is 6. The van der Waals surface area contributed by atoms with Crippen LogP contribution in [0, 0.1) is 0 Å². The monoisotopic (exact) mass is 644 g/mol. The van der Waals surface area contributed by atoms with Gasteiger partial charge in [-0.3, -0.25) is 0 Å². The van der Waals surface area contributed by atoms with E-state index in [1.54, 1.807) is 13.8 Å². The number of aliphatic hydroxyl groups excluding tert-OH is 1. The molecule has 2 atom stereocenters. The SMILES string of the molecule is CC(C)N(CC(O)C(=O)OCc1ccccc1)C(=O)NC(Cc1ccc(-c2cccc3ccccc23)cc1)C(=O)OCc1ccccc1. The highest BCUT2D eigenvalue weighted by Gasteiger charge is 2.30. The molecule has 0 saturated carbocycles. The minimum atomic E-state index is -1.58. The number of ether oxygens (including phenoxy) is 2. The molecule has 0 radical (unpaired) electrons.